The summed E-state index contributed by atoms with van der Waals surface area (Å²) in [6, 6.07) is 14.6. The Balaban J connectivity index is 1.83. The number of hydrogen-bond donors (Lipinski definition) is 2. The SMILES string of the molecule is Bc1cc(B)c2c(c1)C1(c3cc(Br)ccc3-c3c1c(B)c1c(B)c(B)c(B)c(B)c1c3O)c1cc(B)cc(O)c1O2. The minimum Gasteiger partial charge on any atom is -0.507 e. The molecule has 2 aliphatic rings. The van der Waals surface area contributed by atoms with Gasteiger partial charge < -0.3 is 14.9 Å². The maximum absolute atomic E-state index is 12.4. The number of phenols is 2. The van der Waals surface area contributed by atoms with E-state index in [1.165, 1.54) is 16.4 Å². The number of halogens is 1. The molecule has 190 valence electrons. The number of hydrogen-bond acceptors (Lipinski definition) is 3. The van der Waals surface area contributed by atoms with E-state index in [0.717, 1.165) is 81.7 Å². The molecule has 1 aliphatic heterocycles. The second kappa shape index (κ2) is 8.64. The van der Waals surface area contributed by atoms with Crippen LogP contribution in [0.25, 0.3) is 21.9 Å². The number of rotatable bonds is 0. The van der Waals surface area contributed by atoms with E-state index < -0.39 is 5.41 Å². The first-order valence-corrected chi connectivity index (χ1v) is 14.9. The van der Waals surface area contributed by atoms with E-state index in [0.29, 0.717) is 11.5 Å². The van der Waals surface area contributed by atoms with Crippen LogP contribution >= 0.6 is 15.9 Å². The summed E-state index contributed by atoms with van der Waals surface area (Å²) in [6.45, 7) is 0. The van der Waals surface area contributed by atoms with Crippen LogP contribution in [-0.2, 0) is 5.41 Å². The zero-order valence-electron chi connectivity index (χ0n) is 24.7. The Bertz CT molecular complexity index is 2000. The van der Waals surface area contributed by atoms with E-state index in [-0.39, 0.29) is 5.75 Å². The van der Waals surface area contributed by atoms with Crippen LogP contribution in [0.3, 0.4) is 0 Å². The maximum Gasteiger partial charge on any atom is 0.173 e. The summed E-state index contributed by atoms with van der Waals surface area (Å²) >= 11 is 3.78. The molecule has 1 aliphatic carbocycles. The average molecular weight is 588 g/mol. The molecular formula is C29H25B8BrO3. The number of fused-ring (bicyclic) bond motifs is 10. The highest BCUT2D eigenvalue weighted by Gasteiger charge is 2.54. The third-order valence-corrected chi connectivity index (χ3v) is 10.3. The van der Waals surface area contributed by atoms with Gasteiger partial charge in [-0.05, 0) is 45.7 Å². The molecule has 5 aromatic carbocycles. The summed E-state index contributed by atoms with van der Waals surface area (Å²) in [6.07, 6.45) is 0. The van der Waals surface area contributed by atoms with Crippen molar-refractivity contribution in [2.24, 2.45) is 0 Å². The Morgan fingerprint density at radius 2 is 1.24 bits per heavy atom. The van der Waals surface area contributed by atoms with Crippen molar-refractivity contribution in [1.82, 2.24) is 0 Å². The van der Waals surface area contributed by atoms with Gasteiger partial charge >= 0.3 is 0 Å². The molecule has 7 rings (SSSR count). The minimum absolute atomic E-state index is 0.121. The molecule has 1 spiro atoms. The summed E-state index contributed by atoms with van der Waals surface area (Å²) in [4.78, 5) is 0. The van der Waals surface area contributed by atoms with Crippen molar-refractivity contribution in [1.29, 1.82) is 0 Å². The molecule has 0 aromatic heterocycles. The predicted molar refractivity (Wildman–Crippen MR) is 198 cm³/mol. The van der Waals surface area contributed by atoms with Crippen LogP contribution in [0.1, 0.15) is 22.3 Å². The van der Waals surface area contributed by atoms with Crippen molar-refractivity contribution in [2.45, 2.75) is 5.41 Å². The Morgan fingerprint density at radius 1 is 0.634 bits per heavy atom. The molecule has 5 aromatic rings. The average Bonchev–Trinajstić information content (AvgIpc) is 3.20. The zero-order chi connectivity index (χ0) is 29.3. The summed E-state index contributed by atoms with van der Waals surface area (Å²) in [5.74, 6) is 1.67. The van der Waals surface area contributed by atoms with Gasteiger partial charge in [-0.1, -0.05) is 67.5 Å². The van der Waals surface area contributed by atoms with E-state index in [9.17, 15) is 10.2 Å². The molecule has 0 bridgehead atoms. The normalized spacial score (nSPS) is 16.2. The molecular weight excluding hydrogens is 563 g/mol. The lowest BCUT2D eigenvalue weighted by atomic mass is 9.58. The molecule has 1 heterocycles. The van der Waals surface area contributed by atoms with Gasteiger partial charge in [-0.15, -0.1) is 10.9 Å². The maximum atomic E-state index is 12.4. The Hall–Kier alpha value is -3.24. The number of ether oxygens (including phenoxy) is 1. The molecule has 0 fully saturated rings. The molecule has 3 nitrogen and oxygen atoms in total. The van der Waals surface area contributed by atoms with Gasteiger partial charge in [0, 0.05) is 26.5 Å². The van der Waals surface area contributed by atoms with Gasteiger partial charge in [0.2, 0.25) is 0 Å². The number of aromatic hydroxyl groups is 2. The van der Waals surface area contributed by atoms with Gasteiger partial charge in [-0.2, -0.15) is 0 Å². The fourth-order valence-corrected chi connectivity index (χ4v) is 8.22. The quantitative estimate of drug-likeness (QED) is 0.174. The zero-order valence-corrected chi connectivity index (χ0v) is 26.3. The lowest BCUT2D eigenvalue weighted by Gasteiger charge is -2.42. The molecule has 0 saturated carbocycles. The Labute approximate surface area is 255 Å². The first-order chi connectivity index (χ1) is 19.4. The Morgan fingerprint density at radius 3 is 1.93 bits per heavy atom. The van der Waals surface area contributed by atoms with Crippen LogP contribution < -0.4 is 48.4 Å². The van der Waals surface area contributed by atoms with E-state index in [1.54, 1.807) is 6.07 Å². The first kappa shape index (κ1) is 26.6. The minimum atomic E-state index is -0.813. The van der Waals surface area contributed by atoms with Crippen LogP contribution in [0, 0.1) is 0 Å². The van der Waals surface area contributed by atoms with Gasteiger partial charge in [0.25, 0.3) is 0 Å². The second-order valence-electron chi connectivity index (χ2n) is 12.1. The second-order valence-corrected chi connectivity index (χ2v) is 13.1. The van der Waals surface area contributed by atoms with Crippen LogP contribution in [-0.4, -0.2) is 73.0 Å². The highest BCUT2D eigenvalue weighted by atomic mass is 79.9. The highest BCUT2D eigenvalue weighted by Crippen LogP contribution is 2.64. The highest BCUT2D eigenvalue weighted by molar-refractivity contribution is 9.10. The van der Waals surface area contributed by atoms with E-state index in [1.807, 2.05) is 7.85 Å². The molecule has 12 heteroatoms. The smallest absolute Gasteiger partial charge is 0.173 e. The standard InChI is InChI=1S/C29H25B8BrO3/c30-8-3-13-27(15(32)5-8)41-28-14(4-9(31)6-16(28)39)29(13)12-7-10(38)1-2-11(12)17-20(29)21(33)18-19(26(17)40)23(35)25(37)24(36)22(18)34/h1-7,39-40H,30-37H2. The van der Waals surface area contributed by atoms with Crippen LogP contribution in [0.5, 0.6) is 23.0 Å². The van der Waals surface area contributed by atoms with Gasteiger partial charge in [-0.3, -0.25) is 0 Å². The summed E-state index contributed by atoms with van der Waals surface area (Å²) in [5, 5.41) is 25.8. The summed E-state index contributed by atoms with van der Waals surface area (Å²) in [7, 11) is 17.0. The van der Waals surface area contributed by atoms with Crippen LogP contribution in [0.15, 0.2) is 46.9 Å². The van der Waals surface area contributed by atoms with E-state index >= 15 is 0 Å². The van der Waals surface area contributed by atoms with Crippen molar-refractivity contribution in [3.63, 3.8) is 0 Å². The summed E-state index contributed by atoms with van der Waals surface area (Å²) < 4.78 is 7.57. The predicted octanol–water partition coefficient (Wildman–Crippen LogP) is -6.45. The Kier molecular flexibility index (Phi) is 5.62. The molecule has 0 radical (unpaired) electrons. The van der Waals surface area contributed by atoms with E-state index in [2.05, 4.69) is 107 Å². The molecule has 1 atom stereocenters. The molecule has 2 N–H and O–H groups in total. The fraction of sp³-hybridized carbons (Fsp3) is 0.0345. The van der Waals surface area contributed by atoms with Crippen LogP contribution in [0.2, 0.25) is 0 Å². The molecule has 1 unspecified atom stereocenters. The lowest BCUT2D eigenvalue weighted by molar-refractivity contribution is 0.389. The van der Waals surface area contributed by atoms with Crippen LogP contribution in [0.4, 0.5) is 0 Å². The summed E-state index contributed by atoms with van der Waals surface area (Å²) in [5.41, 5.74) is 14.1. The molecule has 0 amide bonds. The number of phenolic OH excluding ortho intramolecular Hbond substituents is 2. The van der Waals surface area contributed by atoms with Crippen molar-refractivity contribution < 1.29 is 14.9 Å². The third kappa shape index (κ3) is 3.20. The molecule has 0 saturated heterocycles. The largest absolute Gasteiger partial charge is 0.507 e. The lowest BCUT2D eigenvalue weighted by Crippen LogP contribution is -2.49. The molecule has 41 heavy (non-hydrogen) atoms. The van der Waals surface area contributed by atoms with Gasteiger partial charge in [0.1, 0.15) is 74.3 Å². The fourth-order valence-electron chi connectivity index (χ4n) is 7.86. The van der Waals surface area contributed by atoms with Crippen molar-refractivity contribution in [3.8, 4) is 34.1 Å². The van der Waals surface area contributed by atoms with Crippen molar-refractivity contribution in [2.75, 3.05) is 0 Å². The topological polar surface area (TPSA) is 49.7 Å². The van der Waals surface area contributed by atoms with Gasteiger partial charge in [0.05, 0.1) is 5.41 Å². The first-order valence-electron chi connectivity index (χ1n) is 14.1. The van der Waals surface area contributed by atoms with Crippen molar-refractivity contribution in [3.05, 3.63) is 69.2 Å². The number of benzene rings is 5. The van der Waals surface area contributed by atoms with Gasteiger partial charge in [0.15, 0.2) is 11.5 Å². The monoisotopic (exact) mass is 588 g/mol. The van der Waals surface area contributed by atoms with E-state index in [4.69, 9.17) is 4.74 Å². The van der Waals surface area contributed by atoms with Gasteiger partial charge in [-0.25, -0.2) is 0 Å². The van der Waals surface area contributed by atoms with Crippen molar-refractivity contribution >= 4 is 133 Å². The third-order valence-electron chi connectivity index (χ3n) is 9.84.